The standard InChI is InChI=1S/C17H20ClN3O3S/c1-13-15(18)3-2-4-16(13)25(22,23)20-12-14-5-6-17(19-11-14)21-7-9-24-10-8-21/h2-6,11,20H,7-10,12H2,1H3. The molecule has 2 aromatic rings. The third-order valence-electron chi connectivity index (χ3n) is 4.12. The second-order valence-corrected chi connectivity index (χ2v) is 7.95. The summed E-state index contributed by atoms with van der Waals surface area (Å²) in [5.74, 6) is 0.876. The van der Waals surface area contributed by atoms with Gasteiger partial charge in [0.1, 0.15) is 5.82 Å². The van der Waals surface area contributed by atoms with E-state index in [9.17, 15) is 8.42 Å². The lowest BCUT2D eigenvalue weighted by molar-refractivity contribution is 0.122. The van der Waals surface area contributed by atoms with Gasteiger partial charge in [0.05, 0.1) is 18.1 Å². The zero-order valence-corrected chi connectivity index (χ0v) is 15.5. The maximum absolute atomic E-state index is 12.5. The zero-order valence-electron chi connectivity index (χ0n) is 13.9. The van der Waals surface area contributed by atoms with Crippen LogP contribution in [0.2, 0.25) is 5.02 Å². The Morgan fingerprint density at radius 1 is 1.24 bits per heavy atom. The molecule has 1 aliphatic heterocycles. The van der Waals surface area contributed by atoms with Gasteiger partial charge in [-0.15, -0.1) is 0 Å². The predicted octanol–water partition coefficient (Wildman–Crippen LogP) is 2.36. The number of benzene rings is 1. The van der Waals surface area contributed by atoms with Crippen molar-refractivity contribution in [2.24, 2.45) is 0 Å². The molecule has 134 valence electrons. The monoisotopic (exact) mass is 381 g/mol. The number of nitrogens with zero attached hydrogens (tertiary/aromatic N) is 2. The zero-order chi connectivity index (χ0) is 17.9. The lowest BCUT2D eigenvalue weighted by Gasteiger charge is -2.27. The molecule has 8 heteroatoms. The molecular formula is C17H20ClN3O3S. The molecule has 2 heterocycles. The Morgan fingerprint density at radius 2 is 2.00 bits per heavy atom. The van der Waals surface area contributed by atoms with Gasteiger partial charge in [-0.2, -0.15) is 0 Å². The summed E-state index contributed by atoms with van der Waals surface area (Å²) in [4.78, 5) is 6.76. The molecule has 0 radical (unpaired) electrons. The summed E-state index contributed by atoms with van der Waals surface area (Å²) in [5.41, 5.74) is 1.33. The molecule has 0 bridgehead atoms. The Labute approximate surface area is 152 Å². The molecule has 0 amide bonds. The quantitative estimate of drug-likeness (QED) is 0.860. The van der Waals surface area contributed by atoms with Crippen molar-refractivity contribution in [3.05, 3.63) is 52.7 Å². The SMILES string of the molecule is Cc1c(Cl)cccc1S(=O)(=O)NCc1ccc(N2CCOCC2)nc1. The van der Waals surface area contributed by atoms with E-state index >= 15 is 0 Å². The summed E-state index contributed by atoms with van der Waals surface area (Å²) in [6.45, 7) is 4.88. The van der Waals surface area contributed by atoms with E-state index in [1.165, 1.54) is 0 Å². The van der Waals surface area contributed by atoms with Crippen molar-refractivity contribution in [3.8, 4) is 0 Å². The summed E-state index contributed by atoms with van der Waals surface area (Å²) < 4.78 is 32.9. The fraction of sp³-hybridized carbons (Fsp3) is 0.353. The van der Waals surface area contributed by atoms with E-state index < -0.39 is 10.0 Å². The Balaban J connectivity index is 1.67. The third-order valence-corrected chi connectivity index (χ3v) is 6.07. The van der Waals surface area contributed by atoms with Gasteiger partial charge in [-0.3, -0.25) is 0 Å². The van der Waals surface area contributed by atoms with Crippen LogP contribution in [0.5, 0.6) is 0 Å². The van der Waals surface area contributed by atoms with Crippen LogP contribution in [0.25, 0.3) is 0 Å². The van der Waals surface area contributed by atoms with Crippen LogP contribution >= 0.6 is 11.6 Å². The van der Waals surface area contributed by atoms with Crippen LogP contribution in [0.4, 0.5) is 5.82 Å². The second-order valence-electron chi connectivity index (χ2n) is 5.81. The average molecular weight is 382 g/mol. The third kappa shape index (κ3) is 4.30. The molecule has 6 nitrogen and oxygen atoms in total. The van der Waals surface area contributed by atoms with Crippen LogP contribution < -0.4 is 9.62 Å². The number of ether oxygens (including phenoxy) is 1. The number of hydrogen-bond acceptors (Lipinski definition) is 5. The fourth-order valence-electron chi connectivity index (χ4n) is 2.64. The highest BCUT2D eigenvalue weighted by Crippen LogP contribution is 2.22. The predicted molar refractivity (Wildman–Crippen MR) is 97.5 cm³/mol. The van der Waals surface area contributed by atoms with E-state index in [2.05, 4.69) is 14.6 Å². The van der Waals surface area contributed by atoms with Gasteiger partial charge in [-0.05, 0) is 36.2 Å². The Kier molecular flexibility index (Phi) is 5.58. The van der Waals surface area contributed by atoms with Gasteiger partial charge < -0.3 is 9.64 Å². The molecule has 1 aliphatic rings. The number of rotatable bonds is 5. The summed E-state index contributed by atoms with van der Waals surface area (Å²) in [6, 6.07) is 8.63. The first-order valence-corrected chi connectivity index (χ1v) is 9.86. The molecule has 1 saturated heterocycles. The van der Waals surface area contributed by atoms with Crippen LogP contribution in [0.15, 0.2) is 41.4 Å². The minimum atomic E-state index is -3.63. The van der Waals surface area contributed by atoms with E-state index in [1.807, 2.05) is 12.1 Å². The minimum Gasteiger partial charge on any atom is -0.378 e. The number of pyridine rings is 1. The Bertz CT molecular complexity index is 835. The first-order valence-electron chi connectivity index (χ1n) is 8.00. The van der Waals surface area contributed by atoms with Crippen molar-refractivity contribution in [2.75, 3.05) is 31.2 Å². The van der Waals surface area contributed by atoms with Gasteiger partial charge in [-0.25, -0.2) is 18.1 Å². The van der Waals surface area contributed by atoms with Gasteiger partial charge in [0.2, 0.25) is 10.0 Å². The first-order chi connectivity index (χ1) is 12.0. The highest BCUT2D eigenvalue weighted by molar-refractivity contribution is 7.89. The molecule has 0 saturated carbocycles. The van der Waals surface area contributed by atoms with Crippen molar-refractivity contribution in [3.63, 3.8) is 0 Å². The Hall–Kier alpha value is -1.67. The molecule has 1 aromatic heterocycles. The fourth-order valence-corrected chi connectivity index (χ4v) is 4.15. The summed E-state index contributed by atoms with van der Waals surface area (Å²) >= 11 is 6.01. The summed E-state index contributed by atoms with van der Waals surface area (Å²) in [5, 5.41) is 0.430. The number of nitrogens with one attached hydrogen (secondary N) is 1. The highest BCUT2D eigenvalue weighted by Gasteiger charge is 2.18. The minimum absolute atomic E-state index is 0.171. The van der Waals surface area contributed by atoms with Gasteiger partial charge in [0.25, 0.3) is 0 Å². The summed E-state index contributed by atoms with van der Waals surface area (Å²) in [6.07, 6.45) is 1.69. The second kappa shape index (κ2) is 7.70. The number of morpholine rings is 1. The molecule has 1 aromatic carbocycles. The molecular weight excluding hydrogens is 362 g/mol. The van der Waals surface area contributed by atoms with Crippen LogP contribution in [0, 0.1) is 6.92 Å². The first kappa shape index (κ1) is 18.1. The maximum atomic E-state index is 12.5. The number of halogens is 1. The average Bonchev–Trinajstić information content (AvgIpc) is 2.63. The van der Waals surface area contributed by atoms with E-state index in [0.29, 0.717) is 23.8 Å². The van der Waals surface area contributed by atoms with Crippen molar-refractivity contribution in [1.82, 2.24) is 9.71 Å². The maximum Gasteiger partial charge on any atom is 0.241 e. The highest BCUT2D eigenvalue weighted by atomic mass is 35.5. The van der Waals surface area contributed by atoms with Crippen molar-refractivity contribution >= 4 is 27.4 Å². The lowest BCUT2D eigenvalue weighted by atomic mass is 10.2. The van der Waals surface area contributed by atoms with Crippen molar-refractivity contribution in [1.29, 1.82) is 0 Å². The molecule has 25 heavy (non-hydrogen) atoms. The van der Waals surface area contributed by atoms with E-state index in [4.69, 9.17) is 16.3 Å². The molecule has 1 N–H and O–H groups in total. The largest absolute Gasteiger partial charge is 0.378 e. The van der Waals surface area contributed by atoms with E-state index in [1.54, 1.807) is 31.3 Å². The van der Waals surface area contributed by atoms with Gasteiger partial charge in [-0.1, -0.05) is 23.7 Å². The van der Waals surface area contributed by atoms with Crippen LogP contribution in [-0.2, 0) is 21.3 Å². The van der Waals surface area contributed by atoms with Crippen LogP contribution in [0.3, 0.4) is 0 Å². The molecule has 0 spiro atoms. The summed E-state index contributed by atoms with van der Waals surface area (Å²) in [7, 11) is -3.63. The molecule has 0 aliphatic carbocycles. The lowest BCUT2D eigenvalue weighted by Crippen LogP contribution is -2.36. The molecule has 1 fully saturated rings. The molecule has 3 rings (SSSR count). The van der Waals surface area contributed by atoms with Gasteiger partial charge >= 0.3 is 0 Å². The Morgan fingerprint density at radius 3 is 2.68 bits per heavy atom. The number of sulfonamides is 1. The number of anilines is 1. The number of aromatic nitrogens is 1. The topological polar surface area (TPSA) is 71.5 Å². The van der Waals surface area contributed by atoms with Crippen molar-refractivity contribution < 1.29 is 13.2 Å². The van der Waals surface area contributed by atoms with Gasteiger partial charge in [0.15, 0.2) is 0 Å². The van der Waals surface area contributed by atoms with Gasteiger partial charge in [0, 0.05) is 30.9 Å². The van der Waals surface area contributed by atoms with Crippen molar-refractivity contribution in [2.45, 2.75) is 18.4 Å². The van der Waals surface area contributed by atoms with E-state index in [0.717, 1.165) is 24.5 Å². The normalized spacial score (nSPS) is 15.4. The smallest absolute Gasteiger partial charge is 0.241 e. The van der Waals surface area contributed by atoms with Crippen LogP contribution in [0.1, 0.15) is 11.1 Å². The number of hydrogen-bond donors (Lipinski definition) is 1. The van der Waals surface area contributed by atoms with Crippen LogP contribution in [-0.4, -0.2) is 39.7 Å². The van der Waals surface area contributed by atoms with E-state index in [-0.39, 0.29) is 11.4 Å². The molecule has 0 unspecified atom stereocenters. The molecule has 0 atom stereocenters.